The summed E-state index contributed by atoms with van der Waals surface area (Å²) in [7, 11) is -3.95. The summed E-state index contributed by atoms with van der Waals surface area (Å²) >= 11 is 0. The van der Waals surface area contributed by atoms with Gasteiger partial charge in [0.2, 0.25) is 0 Å². The summed E-state index contributed by atoms with van der Waals surface area (Å²) in [5.74, 6) is -0.299. The Balaban J connectivity index is 2.86. The van der Waals surface area contributed by atoms with Crippen LogP contribution in [0.3, 0.4) is 0 Å². The van der Waals surface area contributed by atoms with Crippen LogP contribution in [0, 0.1) is 0 Å². The molecule has 22 heavy (non-hydrogen) atoms. The van der Waals surface area contributed by atoms with E-state index in [2.05, 4.69) is 5.09 Å². The summed E-state index contributed by atoms with van der Waals surface area (Å²) in [5, 5.41) is 12.1. The topological polar surface area (TPSA) is 94.1 Å². The average molecular weight is 331 g/mol. The summed E-state index contributed by atoms with van der Waals surface area (Å²) in [5.41, 5.74) is 0. The zero-order chi connectivity index (χ0) is 16.6. The maximum atomic E-state index is 12.7. The van der Waals surface area contributed by atoms with Crippen LogP contribution in [0.2, 0.25) is 0 Å². The predicted octanol–water partition coefficient (Wildman–Crippen LogP) is 2.46. The normalized spacial score (nSPS) is 16.4. The van der Waals surface area contributed by atoms with Crippen molar-refractivity contribution < 1.29 is 28.3 Å². The van der Waals surface area contributed by atoms with E-state index < -0.39 is 26.0 Å². The summed E-state index contributed by atoms with van der Waals surface area (Å²) in [4.78, 5) is 11.6. The number of esters is 1. The van der Waals surface area contributed by atoms with Gasteiger partial charge in [-0.2, -0.15) is 5.09 Å². The molecule has 8 heteroatoms. The molecule has 1 aromatic rings. The van der Waals surface area contributed by atoms with E-state index >= 15 is 0 Å². The fourth-order valence-corrected chi connectivity index (χ4v) is 3.10. The number of para-hydroxylation sites is 1. The lowest BCUT2D eigenvalue weighted by molar-refractivity contribution is -0.144. The second kappa shape index (κ2) is 8.90. The standard InChI is InChI=1S/C14H22NO6P/c1-4-13(16)21-22(18,15-11(3)14(17)19-5-2)20-12-9-7-6-8-10-12/h6-11,13,16H,4-5H2,1-3H3,(H,15,18)/t11-,13?,22?/m0/s1. The number of benzene rings is 1. The van der Waals surface area contributed by atoms with Gasteiger partial charge >= 0.3 is 13.7 Å². The van der Waals surface area contributed by atoms with Gasteiger partial charge in [-0.25, -0.2) is 4.57 Å². The van der Waals surface area contributed by atoms with Crippen molar-refractivity contribution >= 4 is 13.7 Å². The third-order valence-electron chi connectivity index (χ3n) is 2.57. The lowest BCUT2D eigenvalue weighted by Gasteiger charge is -2.24. The highest BCUT2D eigenvalue weighted by Gasteiger charge is 2.34. The minimum Gasteiger partial charge on any atom is -0.465 e. The zero-order valence-electron chi connectivity index (χ0n) is 12.9. The molecule has 0 spiro atoms. The van der Waals surface area contributed by atoms with Crippen LogP contribution in [0.15, 0.2) is 30.3 Å². The molecule has 1 rings (SSSR count). The van der Waals surface area contributed by atoms with Crippen LogP contribution >= 0.6 is 7.75 Å². The van der Waals surface area contributed by atoms with E-state index in [0.717, 1.165) is 0 Å². The van der Waals surface area contributed by atoms with Crippen LogP contribution in [-0.4, -0.2) is 30.0 Å². The van der Waals surface area contributed by atoms with Crippen molar-refractivity contribution in [1.82, 2.24) is 5.09 Å². The van der Waals surface area contributed by atoms with Crippen molar-refractivity contribution in [2.24, 2.45) is 0 Å². The fourth-order valence-electron chi connectivity index (χ4n) is 1.49. The van der Waals surface area contributed by atoms with Crippen molar-refractivity contribution in [2.75, 3.05) is 6.61 Å². The van der Waals surface area contributed by atoms with E-state index in [1.54, 1.807) is 44.2 Å². The van der Waals surface area contributed by atoms with Crippen molar-refractivity contribution in [3.05, 3.63) is 30.3 Å². The van der Waals surface area contributed by atoms with E-state index in [-0.39, 0.29) is 18.8 Å². The van der Waals surface area contributed by atoms with Crippen LogP contribution in [0.4, 0.5) is 0 Å². The number of aliphatic hydroxyl groups is 1. The maximum absolute atomic E-state index is 12.7. The highest BCUT2D eigenvalue weighted by Crippen LogP contribution is 2.46. The highest BCUT2D eigenvalue weighted by molar-refractivity contribution is 7.52. The first-order chi connectivity index (χ1) is 10.4. The molecule has 0 aliphatic heterocycles. The number of aliphatic hydroxyl groups excluding tert-OH is 1. The number of hydrogen-bond donors (Lipinski definition) is 2. The Morgan fingerprint density at radius 1 is 1.32 bits per heavy atom. The number of hydrogen-bond acceptors (Lipinski definition) is 6. The molecule has 2 N–H and O–H groups in total. The van der Waals surface area contributed by atoms with Gasteiger partial charge in [0.15, 0.2) is 6.29 Å². The third-order valence-corrected chi connectivity index (χ3v) is 4.25. The first-order valence-electron chi connectivity index (χ1n) is 7.05. The molecule has 1 aromatic carbocycles. The monoisotopic (exact) mass is 331 g/mol. The molecule has 0 radical (unpaired) electrons. The van der Waals surface area contributed by atoms with Crippen LogP contribution in [0.5, 0.6) is 5.75 Å². The Labute approximate surface area is 130 Å². The fraction of sp³-hybridized carbons (Fsp3) is 0.500. The minimum absolute atomic E-state index is 0.202. The van der Waals surface area contributed by atoms with Gasteiger partial charge in [-0.05, 0) is 32.4 Å². The van der Waals surface area contributed by atoms with Gasteiger partial charge in [-0.1, -0.05) is 25.1 Å². The zero-order valence-corrected chi connectivity index (χ0v) is 13.8. The lowest BCUT2D eigenvalue weighted by atomic mass is 10.3. The summed E-state index contributed by atoms with van der Waals surface area (Å²) in [6.45, 7) is 5.00. The summed E-state index contributed by atoms with van der Waals surface area (Å²) in [6, 6.07) is 7.43. The average Bonchev–Trinajstić information content (AvgIpc) is 2.47. The molecule has 0 saturated heterocycles. The van der Waals surface area contributed by atoms with Crippen molar-refractivity contribution in [3.8, 4) is 5.75 Å². The number of carbonyl (C=O) groups is 1. The molecule has 2 unspecified atom stereocenters. The van der Waals surface area contributed by atoms with Crippen LogP contribution in [-0.2, 0) is 18.6 Å². The van der Waals surface area contributed by atoms with Gasteiger partial charge in [0.1, 0.15) is 11.8 Å². The Morgan fingerprint density at radius 3 is 2.50 bits per heavy atom. The number of nitrogens with one attached hydrogen (secondary N) is 1. The summed E-state index contributed by atoms with van der Waals surface area (Å²) < 4.78 is 28.0. The van der Waals surface area contributed by atoms with Crippen LogP contribution < -0.4 is 9.61 Å². The Bertz CT molecular complexity index is 509. The lowest BCUT2D eigenvalue weighted by Crippen LogP contribution is -2.36. The molecule has 0 amide bonds. The van der Waals surface area contributed by atoms with Crippen molar-refractivity contribution in [3.63, 3.8) is 0 Å². The second-order valence-corrected chi connectivity index (χ2v) is 6.12. The smallest absolute Gasteiger partial charge is 0.461 e. The highest BCUT2D eigenvalue weighted by atomic mass is 31.2. The van der Waals surface area contributed by atoms with Gasteiger partial charge in [-0.3, -0.25) is 9.32 Å². The van der Waals surface area contributed by atoms with Crippen LogP contribution in [0.1, 0.15) is 27.2 Å². The van der Waals surface area contributed by atoms with Gasteiger partial charge < -0.3 is 14.4 Å². The third kappa shape index (κ3) is 6.15. The van der Waals surface area contributed by atoms with E-state index in [4.69, 9.17) is 13.8 Å². The maximum Gasteiger partial charge on any atom is 0.461 e. The van der Waals surface area contributed by atoms with Gasteiger partial charge in [-0.15, -0.1) is 0 Å². The number of rotatable bonds is 9. The molecule has 7 nitrogen and oxygen atoms in total. The molecule has 0 aliphatic rings. The molecule has 124 valence electrons. The first kappa shape index (κ1) is 18.6. The Morgan fingerprint density at radius 2 is 1.95 bits per heavy atom. The molecular weight excluding hydrogens is 309 g/mol. The van der Waals surface area contributed by atoms with Crippen molar-refractivity contribution in [1.29, 1.82) is 0 Å². The summed E-state index contributed by atoms with van der Waals surface area (Å²) in [6.07, 6.45) is -1.06. The molecular formula is C14H22NO6P. The molecule has 0 heterocycles. The molecule has 0 fully saturated rings. The molecule has 0 aromatic heterocycles. The quantitative estimate of drug-likeness (QED) is 0.408. The van der Waals surface area contributed by atoms with Crippen molar-refractivity contribution in [2.45, 2.75) is 39.5 Å². The molecule has 0 saturated carbocycles. The predicted molar refractivity (Wildman–Crippen MR) is 81.3 cm³/mol. The van der Waals surface area contributed by atoms with Gasteiger partial charge in [0.05, 0.1) is 6.61 Å². The van der Waals surface area contributed by atoms with E-state index in [9.17, 15) is 14.5 Å². The largest absolute Gasteiger partial charge is 0.465 e. The molecule has 0 aliphatic carbocycles. The number of ether oxygens (including phenoxy) is 1. The van der Waals surface area contributed by atoms with E-state index in [1.807, 2.05) is 0 Å². The first-order valence-corrected chi connectivity index (χ1v) is 8.60. The van der Waals surface area contributed by atoms with E-state index in [0.29, 0.717) is 0 Å². The Kier molecular flexibility index (Phi) is 7.55. The Hall–Kier alpha value is -1.40. The van der Waals surface area contributed by atoms with Crippen LogP contribution in [0.25, 0.3) is 0 Å². The number of carbonyl (C=O) groups excluding carboxylic acids is 1. The SMILES string of the molecule is CCOC(=O)[C@H](C)NP(=O)(Oc1ccccc1)OC(O)CC. The van der Waals surface area contributed by atoms with E-state index in [1.165, 1.54) is 6.92 Å². The minimum atomic E-state index is -3.95. The van der Waals surface area contributed by atoms with Gasteiger partial charge in [0, 0.05) is 0 Å². The van der Waals surface area contributed by atoms with Gasteiger partial charge in [0.25, 0.3) is 0 Å². The second-order valence-electron chi connectivity index (χ2n) is 4.47. The molecule has 3 atom stereocenters. The molecule has 0 bridgehead atoms.